The number of aromatic nitrogens is 3. The third-order valence-electron chi connectivity index (χ3n) is 7.93. The average Bonchev–Trinajstić information content (AvgIpc) is 3.89. The lowest BCUT2D eigenvalue weighted by Crippen LogP contribution is -2.44. The molecule has 1 aliphatic rings. The first-order chi connectivity index (χ1) is 25.6. The zero-order valence-electron chi connectivity index (χ0n) is 28.2. The number of alkyl halides is 3. The van der Waals surface area contributed by atoms with Gasteiger partial charge in [-0.25, -0.2) is 13.6 Å². The zero-order chi connectivity index (χ0) is 39.0. The standard InChI is InChI=1S/C35H31ClF5N7O6/c1-53-30(52)26(10-13-42-29(51)27(49)16-19-14-23(37)17-24(38)15-19)44-28(50)20-2-8-25(9-3-20)43-31-45-32(47-33(46-31)54-18-35(39,40)41)48-34(11-12-34)21-4-6-22(36)7-5-21/h2-9,14-15,17,26H,10-13,16,18H2,1H3,(H,42,51)(H,44,50)(H2,43,45,46,47,48)/t26-/m0/s1. The Labute approximate surface area is 309 Å². The number of anilines is 3. The maximum Gasteiger partial charge on any atom is 0.422 e. The molecule has 0 aliphatic heterocycles. The van der Waals surface area contributed by atoms with Crippen molar-refractivity contribution in [1.82, 2.24) is 25.6 Å². The Morgan fingerprint density at radius 3 is 2.17 bits per heavy atom. The predicted octanol–water partition coefficient (Wildman–Crippen LogP) is 5.18. The first-order valence-electron chi connectivity index (χ1n) is 16.1. The van der Waals surface area contributed by atoms with E-state index in [0.29, 0.717) is 29.6 Å². The van der Waals surface area contributed by atoms with E-state index in [1.165, 1.54) is 24.3 Å². The first-order valence-corrected chi connectivity index (χ1v) is 16.5. The number of methoxy groups -OCH3 is 1. The summed E-state index contributed by atoms with van der Waals surface area (Å²) in [6.45, 7) is -1.89. The van der Waals surface area contributed by atoms with Crippen molar-refractivity contribution in [2.24, 2.45) is 0 Å². The van der Waals surface area contributed by atoms with Crippen LogP contribution in [0.2, 0.25) is 5.02 Å². The number of ether oxygens (including phenoxy) is 2. The second kappa shape index (κ2) is 16.8. The molecule has 54 heavy (non-hydrogen) atoms. The third-order valence-corrected chi connectivity index (χ3v) is 8.18. The molecule has 1 heterocycles. The Hall–Kier alpha value is -5.91. The van der Waals surface area contributed by atoms with Crippen molar-refractivity contribution >= 4 is 52.8 Å². The van der Waals surface area contributed by atoms with E-state index in [1.807, 2.05) is 12.1 Å². The predicted molar refractivity (Wildman–Crippen MR) is 183 cm³/mol. The van der Waals surface area contributed by atoms with Gasteiger partial charge in [-0.1, -0.05) is 23.7 Å². The molecule has 284 valence electrons. The summed E-state index contributed by atoms with van der Waals surface area (Å²) in [4.78, 5) is 62.2. The van der Waals surface area contributed by atoms with E-state index in [2.05, 4.69) is 36.2 Å². The van der Waals surface area contributed by atoms with Crippen LogP contribution >= 0.6 is 11.6 Å². The van der Waals surface area contributed by atoms with Gasteiger partial charge in [0, 0.05) is 35.3 Å². The molecule has 0 saturated heterocycles. The molecule has 1 aromatic heterocycles. The molecule has 2 amide bonds. The van der Waals surface area contributed by atoms with Crippen LogP contribution in [0, 0.1) is 11.6 Å². The zero-order valence-corrected chi connectivity index (χ0v) is 29.0. The van der Waals surface area contributed by atoms with E-state index >= 15 is 0 Å². The number of hydrogen-bond donors (Lipinski definition) is 4. The largest absolute Gasteiger partial charge is 0.467 e. The third kappa shape index (κ3) is 11.0. The van der Waals surface area contributed by atoms with Crippen molar-refractivity contribution in [3.8, 4) is 6.01 Å². The summed E-state index contributed by atoms with van der Waals surface area (Å²) in [6.07, 6.45) is -4.01. The monoisotopic (exact) mass is 775 g/mol. The van der Waals surface area contributed by atoms with Gasteiger partial charge in [-0.15, -0.1) is 0 Å². The maximum atomic E-state index is 13.4. The van der Waals surface area contributed by atoms with Crippen molar-refractivity contribution < 1.29 is 50.6 Å². The summed E-state index contributed by atoms with van der Waals surface area (Å²) >= 11 is 6.01. The molecule has 19 heteroatoms. The van der Waals surface area contributed by atoms with Gasteiger partial charge in [-0.3, -0.25) is 14.4 Å². The maximum absolute atomic E-state index is 13.4. The summed E-state index contributed by atoms with van der Waals surface area (Å²) in [7, 11) is 1.09. The fraction of sp³-hybridized carbons (Fsp3) is 0.286. The van der Waals surface area contributed by atoms with Gasteiger partial charge in [0.25, 0.3) is 11.8 Å². The Bertz CT molecular complexity index is 2000. The minimum Gasteiger partial charge on any atom is -0.467 e. The molecule has 13 nitrogen and oxygen atoms in total. The molecule has 0 radical (unpaired) electrons. The topological polar surface area (TPSA) is 174 Å². The number of amides is 2. The minimum absolute atomic E-state index is 0.0416. The smallest absolute Gasteiger partial charge is 0.422 e. The first kappa shape index (κ1) is 39.3. The Kier molecular flexibility index (Phi) is 12.3. The van der Waals surface area contributed by atoms with Crippen LogP contribution in [-0.4, -0.2) is 71.0 Å². The van der Waals surface area contributed by atoms with Gasteiger partial charge in [0.1, 0.15) is 17.7 Å². The number of benzene rings is 3. The average molecular weight is 776 g/mol. The van der Waals surface area contributed by atoms with E-state index in [1.54, 1.807) is 12.1 Å². The van der Waals surface area contributed by atoms with E-state index in [0.717, 1.165) is 24.8 Å². The molecule has 1 atom stereocenters. The Balaban J connectivity index is 1.21. The molecule has 0 unspecified atom stereocenters. The fourth-order valence-corrected chi connectivity index (χ4v) is 5.27. The van der Waals surface area contributed by atoms with Crippen molar-refractivity contribution in [1.29, 1.82) is 0 Å². The van der Waals surface area contributed by atoms with Gasteiger partial charge in [-0.2, -0.15) is 28.1 Å². The highest BCUT2D eigenvalue weighted by atomic mass is 35.5. The molecular formula is C35H31ClF5N7O6. The van der Waals surface area contributed by atoms with Crippen LogP contribution in [-0.2, 0) is 31.1 Å². The highest BCUT2D eigenvalue weighted by molar-refractivity contribution is 6.36. The van der Waals surface area contributed by atoms with Gasteiger partial charge in [0.05, 0.1) is 12.6 Å². The summed E-state index contributed by atoms with van der Waals surface area (Å²) in [5.74, 6) is -5.63. The number of carbonyl (C=O) groups excluding carboxylic acids is 4. The summed E-state index contributed by atoms with van der Waals surface area (Å²) in [6, 6.07) is 13.3. The van der Waals surface area contributed by atoms with Gasteiger partial charge < -0.3 is 30.7 Å². The number of nitrogens with one attached hydrogen (secondary N) is 4. The van der Waals surface area contributed by atoms with Crippen LogP contribution in [0.5, 0.6) is 6.01 Å². The highest BCUT2D eigenvalue weighted by Crippen LogP contribution is 2.48. The van der Waals surface area contributed by atoms with E-state index in [4.69, 9.17) is 21.1 Å². The number of halogens is 6. The summed E-state index contributed by atoms with van der Waals surface area (Å²) < 4.78 is 75.2. The van der Waals surface area contributed by atoms with Gasteiger partial charge in [0.2, 0.25) is 17.7 Å². The number of hydrogen-bond acceptors (Lipinski definition) is 11. The van der Waals surface area contributed by atoms with Crippen molar-refractivity contribution in [2.75, 3.05) is 30.9 Å². The fourth-order valence-electron chi connectivity index (χ4n) is 5.15. The molecule has 4 aromatic rings. The number of esters is 1. The minimum atomic E-state index is -4.65. The molecular weight excluding hydrogens is 745 g/mol. The quantitative estimate of drug-likeness (QED) is 0.0671. The SMILES string of the molecule is COC(=O)[C@H](CCNC(=O)C(=O)Cc1cc(F)cc(F)c1)NC(=O)c1ccc(Nc2nc(NC3(c4ccc(Cl)cc4)CC3)nc(OCC(F)(F)F)n2)cc1. The molecule has 0 bridgehead atoms. The lowest BCUT2D eigenvalue weighted by molar-refractivity contribution is -0.154. The van der Waals surface area contributed by atoms with Crippen LogP contribution < -0.4 is 26.0 Å². The van der Waals surface area contributed by atoms with Crippen molar-refractivity contribution in [3.05, 3.63) is 100 Å². The van der Waals surface area contributed by atoms with Crippen LogP contribution in [0.25, 0.3) is 0 Å². The number of ketones is 1. The second-order valence-corrected chi connectivity index (χ2v) is 12.5. The molecule has 3 aromatic carbocycles. The Morgan fingerprint density at radius 2 is 1.56 bits per heavy atom. The molecule has 1 aliphatic carbocycles. The lowest BCUT2D eigenvalue weighted by atomic mass is 10.1. The van der Waals surface area contributed by atoms with E-state index < -0.39 is 72.0 Å². The lowest BCUT2D eigenvalue weighted by Gasteiger charge is -2.19. The molecule has 1 saturated carbocycles. The van der Waals surface area contributed by atoms with Crippen molar-refractivity contribution in [3.63, 3.8) is 0 Å². The second-order valence-electron chi connectivity index (χ2n) is 12.1. The number of nitrogens with zero attached hydrogens (tertiary/aromatic N) is 3. The molecule has 4 N–H and O–H groups in total. The summed E-state index contributed by atoms with van der Waals surface area (Å²) in [5.41, 5.74) is 0.666. The van der Waals surface area contributed by atoms with Crippen LogP contribution in [0.15, 0.2) is 66.7 Å². The van der Waals surface area contributed by atoms with Crippen LogP contribution in [0.4, 0.5) is 39.5 Å². The number of carbonyl (C=O) groups is 4. The highest BCUT2D eigenvalue weighted by Gasteiger charge is 2.45. The summed E-state index contributed by atoms with van der Waals surface area (Å²) in [5, 5.41) is 11.3. The molecule has 0 spiro atoms. The van der Waals surface area contributed by atoms with E-state index in [-0.39, 0.29) is 36.0 Å². The normalized spacial score (nSPS) is 13.6. The number of Topliss-reactive ketones (excluding diaryl/α,β-unsaturated/α-hetero) is 1. The van der Waals surface area contributed by atoms with Crippen LogP contribution in [0.3, 0.4) is 0 Å². The van der Waals surface area contributed by atoms with Crippen LogP contribution in [0.1, 0.15) is 40.7 Å². The molecule has 5 rings (SSSR count). The van der Waals surface area contributed by atoms with Gasteiger partial charge in [-0.05, 0) is 78.9 Å². The Morgan fingerprint density at radius 1 is 0.907 bits per heavy atom. The van der Waals surface area contributed by atoms with E-state index in [9.17, 15) is 41.1 Å². The number of rotatable bonds is 16. The van der Waals surface area contributed by atoms with Gasteiger partial charge in [0.15, 0.2) is 6.61 Å². The molecule has 1 fully saturated rings. The van der Waals surface area contributed by atoms with Gasteiger partial charge >= 0.3 is 18.2 Å². The van der Waals surface area contributed by atoms with Crippen molar-refractivity contribution in [2.45, 2.75) is 43.4 Å².